The molecule has 0 saturated carbocycles. The summed E-state index contributed by atoms with van der Waals surface area (Å²) in [6, 6.07) is 3.79. The van der Waals surface area contributed by atoms with Gasteiger partial charge in [0.05, 0.1) is 6.20 Å². The zero-order chi connectivity index (χ0) is 14.7. The Morgan fingerprint density at radius 2 is 2.38 bits per heavy atom. The van der Waals surface area contributed by atoms with Crippen molar-refractivity contribution < 1.29 is 4.39 Å². The zero-order valence-electron chi connectivity index (χ0n) is 12.2. The van der Waals surface area contributed by atoms with E-state index in [4.69, 9.17) is 0 Å². The fourth-order valence-electron chi connectivity index (χ4n) is 2.72. The van der Waals surface area contributed by atoms with Crippen LogP contribution in [0.5, 0.6) is 0 Å². The molecule has 0 fully saturated rings. The monoisotopic (exact) mass is 305 g/mol. The second kappa shape index (κ2) is 6.54. The van der Waals surface area contributed by atoms with Gasteiger partial charge in [-0.15, -0.1) is 11.3 Å². The predicted molar refractivity (Wildman–Crippen MR) is 85.3 cm³/mol. The molecular formula is C16H20FN3S. The number of halogens is 1. The van der Waals surface area contributed by atoms with Crippen molar-refractivity contribution in [2.24, 2.45) is 0 Å². The van der Waals surface area contributed by atoms with Crippen LogP contribution in [-0.4, -0.2) is 18.1 Å². The Hall–Kier alpha value is -1.46. The van der Waals surface area contributed by atoms with Crippen molar-refractivity contribution >= 4 is 17.2 Å². The van der Waals surface area contributed by atoms with Gasteiger partial charge in [0.2, 0.25) is 0 Å². The van der Waals surface area contributed by atoms with E-state index in [9.17, 15) is 4.39 Å². The smallest absolute Gasteiger partial charge is 0.141 e. The van der Waals surface area contributed by atoms with Crippen LogP contribution in [-0.2, 0) is 19.5 Å². The number of anilines is 1. The van der Waals surface area contributed by atoms with Gasteiger partial charge in [0.25, 0.3) is 0 Å². The normalized spacial score (nSPS) is 14.3. The average molecular weight is 305 g/mol. The summed E-state index contributed by atoms with van der Waals surface area (Å²) in [6.45, 7) is 5.55. The zero-order valence-corrected chi connectivity index (χ0v) is 13.0. The number of hydrogen-bond acceptors (Lipinski definition) is 4. The van der Waals surface area contributed by atoms with E-state index in [-0.39, 0.29) is 5.82 Å². The third kappa shape index (κ3) is 3.24. The van der Waals surface area contributed by atoms with Crippen molar-refractivity contribution in [1.29, 1.82) is 0 Å². The van der Waals surface area contributed by atoms with E-state index < -0.39 is 0 Å². The molecule has 1 aliphatic heterocycles. The van der Waals surface area contributed by atoms with Crippen molar-refractivity contribution in [3.8, 4) is 0 Å². The first kappa shape index (κ1) is 14.5. The van der Waals surface area contributed by atoms with Gasteiger partial charge in [-0.2, -0.15) is 0 Å². The van der Waals surface area contributed by atoms with Crippen molar-refractivity contribution in [3.05, 3.63) is 45.5 Å². The van der Waals surface area contributed by atoms with Gasteiger partial charge < -0.3 is 10.2 Å². The number of pyridine rings is 1. The molecule has 2 aromatic heterocycles. The third-order valence-electron chi connectivity index (χ3n) is 3.76. The molecule has 1 aliphatic rings. The van der Waals surface area contributed by atoms with Crippen molar-refractivity contribution in [1.82, 2.24) is 10.3 Å². The second-order valence-electron chi connectivity index (χ2n) is 5.35. The van der Waals surface area contributed by atoms with Crippen LogP contribution < -0.4 is 10.2 Å². The summed E-state index contributed by atoms with van der Waals surface area (Å²) in [6.07, 6.45) is 3.44. The molecule has 1 N–H and O–H groups in total. The summed E-state index contributed by atoms with van der Waals surface area (Å²) in [5, 5.41) is 5.49. The Labute approximate surface area is 128 Å². The standard InChI is InChI=1S/C16H20FN3S/c1-2-5-18-9-13-8-14(17)10-19-16(13)20-6-3-15-12(11-20)4-7-21-15/h4,7-8,10,18H,2-3,5-6,9,11H2,1H3. The van der Waals surface area contributed by atoms with Crippen molar-refractivity contribution in [2.75, 3.05) is 18.0 Å². The molecule has 0 amide bonds. The number of aromatic nitrogens is 1. The summed E-state index contributed by atoms with van der Waals surface area (Å²) in [5.74, 6) is 0.650. The highest BCUT2D eigenvalue weighted by atomic mass is 32.1. The fourth-order valence-corrected chi connectivity index (χ4v) is 3.61. The highest BCUT2D eigenvalue weighted by Crippen LogP contribution is 2.28. The summed E-state index contributed by atoms with van der Waals surface area (Å²) in [5.41, 5.74) is 2.33. The number of rotatable bonds is 5. The van der Waals surface area contributed by atoms with Crippen LogP contribution in [0.1, 0.15) is 29.3 Å². The first-order chi connectivity index (χ1) is 10.3. The molecule has 3 heterocycles. The van der Waals surface area contributed by atoms with E-state index in [1.807, 2.05) is 11.3 Å². The molecule has 0 unspecified atom stereocenters. The Balaban J connectivity index is 1.81. The molecule has 0 atom stereocenters. The minimum absolute atomic E-state index is 0.264. The number of fused-ring (bicyclic) bond motifs is 1. The highest BCUT2D eigenvalue weighted by molar-refractivity contribution is 7.10. The first-order valence-corrected chi connectivity index (χ1v) is 8.31. The van der Waals surface area contributed by atoms with Crippen LogP contribution in [0.3, 0.4) is 0 Å². The first-order valence-electron chi connectivity index (χ1n) is 7.43. The lowest BCUT2D eigenvalue weighted by Gasteiger charge is -2.29. The van der Waals surface area contributed by atoms with Gasteiger partial charge in [-0.3, -0.25) is 0 Å². The topological polar surface area (TPSA) is 28.2 Å². The summed E-state index contributed by atoms with van der Waals surface area (Å²) in [7, 11) is 0. The number of nitrogens with one attached hydrogen (secondary N) is 1. The maximum absolute atomic E-state index is 13.5. The summed E-state index contributed by atoms with van der Waals surface area (Å²) >= 11 is 1.83. The van der Waals surface area contributed by atoms with E-state index in [0.29, 0.717) is 6.54 Å². The number of hydrogen-bond donors (Lipinski definition) is 1. The number of nitrogens with zero attached hydrogens (tertiary/aromatic N) is 2. The van der Waals surface area contributed by atoms with Gasteiger partial charge in [-0.05, 0) is 42.5 Å². The van der Waals surface area contributed by atoms with Gasteiger partial charge in [0.1, 0.15) is 11.6 Å². The largest absolute Gasteiger partial charge is 0.352 e. The maximum Gasteiger partial charge on any atom is 0.141 e. The van der Waals surface area contributed by atoms with E-state index in [1.165, 1.54) is 16.6 Å². The van der Waals surface area contributed by atoms with E-state index in [2.05, 4.69) is 33.6 Å². The average Bonchev–Trinajstić information content (AvgIpc) is 2.95. The van der Waals surface area contributed by atoms with Gasteiger partial charge >= 0.3 is 0 Å². The Kier molecular flexibility index (Phi) is 4.51. The molecular weight excluding hydrogens is 285 g/mol. The van der Waals surface area contributed by atoms with Crippen LogP contribution in [0.4, 0.5) is 10.2 Å². The molecule has 5 heteroatoms. The van der Waals surface area contributed by atoms with Gasteiger partial charge in [-0.25, -0.2) is 9.37 Å². The van der Waals surface area contributed by atoms with Crippen molar-refractivity contribution in [3.63, 3.8) is 0 Å². The minimum atomic E-state index is -0.264. The second-order valence-corrected chi connectivity index (χ2v) is 6.35. The molecule has 0 saturated heterocycles. The third-order valence-corrected chi connectivity index (χ3v) is 4.78. The predicted octanol–water partition coefficient (Wildman–Crippen LogP) is 3.34. The van der Waals surface area contributed by atoms with Gasteiger partial charge in [0.15, 0.2) is 0 Å². The molecule has 3 nitrogen and oxygen atoms in total. The molecule has 0 radical (unpaired) electrons. The fraction of sp³-hybridized carbons (Fsp3) is 0.438. The van der Waals surface area contributed by atoms with E-state index in [1.54, 1.807) is 6.07 Å². The lowest BCUT2D eigenvalue weighted by Crippen LogP contribution is -2.31. The lowest BCUT2D eigenvalue weighted by atomic mass is 10.1. The number of thiophene rings is 1. The Morgan fingerprint density at radius 1 is 1.48 bits per heavy atom. The van der Waals surface area contributed by atoms with E-state index in [0.717, 1.165) is 43.9 Å². The molecule has 0 bridgehead atoms. The molecule has 3 rings (SSSR count). The summed E-state index contributed by atoms with van der Waals surface area (Å²) in [4.78, 5) is 8.08. The Morgan fingerprint density at radius 3 is 3.24 bits per heavy atom. The van der Waals surface area contributed by atoms with Crippen LogP contribution >= 0.6 is 11.3 Å². The molecule has 21 heavy (non-hydrogen) atoms. The molecule has 0 spiro atoms. The van der Waals surface area contributed by atoms with Crippen LogP contribution in [0.15, 0.2) is 23.7 Å². The van der Waals surface area contributed by atoms with Gasteiger partial charge in [-0.1, -0.05) is 6.92 Å². The molecule has 0 aromatic carbocycles. The molecule has 112 valence electrons. The molecule has 0 aliphatic carbocycles. The molecule has 2 aromatic rings. The highest BCUT2D eigenvalue weighted by Gasteiger charge is 2.20. The van der Waals surface area contributed by atoms with Crippen LogP contribution in [0.25, 0.3) is 0 Å². The van der Waals surface area contributed by atoms with E-state index >= 15 is 0 Å². The van der Waals surface area contributed by atoms with Crippen LogP contribution in [0.2, 0.25) is 0 Å². The Bertz CT molecular complexity index is 611. The van der Waals surface area contributed by atoms with Crippen molar-refractivity contribution in [2.45, 2.75) is 32.9 Å². The quantitative estimate of drug-likeness (QED) is 0.859. The van der Waals surface area contributed by atoms with Crippen LogP contribution in [0, 0.1) is 5.82 Å². The SMILES string of the molecule is CCCNCc1cc(F)cnc1N1CCc2sccc2C1. The lowest BCUT2D eigenvalue weighted by molar-refractivity contribution is 0.607. The summed E-state index contributed by atoms with van der Waals surface area (Å²) < 4.78 is 13.5. The minimum Gasteiger partial charge on any atom is -0.352 e. The van der Waals surface area contributed by atoms with Gasteiger partial charge in [0, 0.05) is 30.1 Å². The maximum atomic E-state index is 13.5.